The minimum absolute atomic E-state index is 0.234. The molecule has 0 saturated heterocycles. The molecule has 3 aromatic rings. The summed E-state index contributed by atoms with van der Waals surface area (Å²) in [6.45, 7) is 7.55. The molecule has 11 heteroatoms. The molecule has 8 nitrogen and oxygen atoms in total. The first kappa shape index (κ1) is 31.8. The summed E-state index contributed by atoms with van der Waals surface area (Å²) < 4.78 is 12.1. The van der Waals surface area contributed by atoms with E-state index in [1.807, 2.05) is 57.2 Å². The molecule has 0 radical (unpaired) electrons. The summed E-state index contributed by atoms with van der Waals surface area (Å²) in [5.74, 6) is -1.31. The van der Waals surface area contributed by atoms with Crippen LogP contribution in [0.5, 0.6) is 5.75 Å². The van der Waals surface area contributed by atoms with Crippen LogP contribution in [0.2, 0.25) is 0 Å². The van der Waals surface area contributed by atoms with Gasteiger partial charge in [-0.15, -0.1) is 0 Å². The van der Waals surface area contributed by atoms with E-state index in [1.54, 1.807) is 48.2 Å². The average Bonchev–Trinajstić information content (AvgIpc) is 3.58. The van der Waals surface area contributed by atoms with E-state index in [1.165, 1.54) is 23.5 Å². The summed E-state index contributed by atoms with van der Waals surface area (Å²) >= 11 is 8.92. The summed E-state index contributed by atoms with van der Waals surface area (Å²) in [5.41, 5.74) is 2.30. The second kappa shape index (κ2) is 12.5. The van der Waals surface area contributed by atoms with Crippen molar-refractivity contribution in [3.8, 4) is 5.75 Å². The monoisotopic (exact) mass is 670 g/mol. The highest BCUT2D eigenvalue weighted by molar-refractivity contribution is 8.32. The van der Waals surface area contributed by atoms with Gasteiger partial charge >= 0.3 is 5.97 Å². The molecule has 46 heavy (non-hydrogen) atoms. The van der Waals surface area contributed by atoms with Crippen molar-refractivity contribution < 1.29 is 28.7 Å². The van der Waals surface area contributed by atoms with Gasteiger partial charge < -0.3 is 9.47 Å². The molecule has 234 valence electrons. The van der Waals surface area contributed by atoms with Crippen LogP contribution in [0.4, 0.5) is 5.69 Å². The zero-order valence-electron chi connectivity index (χ0n) is 25.6. The van der Waals surface area contributed by atoms with Crippen LogP contribution in [0, 0.1) is 0 Å². The lowest BCUT2D eigenvalue weighted by molar-refractivity contribution is -0.137. The lowest BCUT2D eigenvalue weighted by Gasteiger charge is -2.45. The Kier molecular flexibility index (Phi) is 8.66. The number of imide groups is 1. The summed E-state index contributed by atoms with van der Waals surface area (Å²) in [6, 6.07) is 21.6. The van der Waals surface area contributed by atoms with E-state index in [0.717, 1.165) is 19.6 Å². The van der Waals surface area contributed by atoms with Gasteiger partial charge in [-0.2, -0.15) is 0 Å². The Morgan fingerprint density at radius 2 is 1.50 bits per heavy atom. The van der Waals surface area contributed by atoms with Crippen LogP contribution in [-0.4, -0.2) is 58.8 Å². The van der Waals surface area contributed by atoms with Crippen molar-refractivity contribution in [2.45, 2.75) is 33.2 Å². The smallest absolute Gasteiger partial charge is 0.346 e. The van der Waals surface area contributed by atoms with Crippen molar-refractivity contribution in [2.24, 2.45) is 0 Å². The van der Waals surface area contributed by atoms with Gasteiger partial charge in [0.15, 0.2) is 0 Å². The lowest BCUT2D eigenvalue weighted by atomic mass is 9.83. The minimum atomic E-state index is -1.05. The van der Waals surface area contributed by atoms with Gasteiger partial charge in [-0.05, 0) is 63.6 Å². The summed E-state index contributed by atoms with van der Waals surface area (Å²) in [4.78, 5) is 58.0. The Bertz CT molecular complexity index is 1850. The molecule has 0 aromatic heterocycles. The zero-order valence-corrected chi connectivity index (χ0v) is 28.1. The van der Waals surface area contributed by atoms with Crippen LogP contribution in [0.25, 0.3) is 10.5 Å². The fraction of sp³-hybridized carbons (Fsp3) is 0.229. The number of amides is 3. The van der Waals surface area contributed by atoms with Gasteiger partial charge in [0.1, 0.15) is 17.2 Å². The Morgan fingerprint density at radius 3 is 2.13 bits per heavy atom. The normalized spacial score (nSPS) is 18.6. The van der Waals surface area contributed by atoms with Crippen LogP contribution >= 0.6 is 35.7 Å². The molecule has 0 aliphatic carbocycles. The maximum atomic E-state index is 14.2. The molecule has 6 rings (SSSR count). The maximum Gasteiger partial charge on any atom is 0.346 e. The first-order valence-corrected chi connectivity index (χ1v) is 16.8. The molecule has 3 aliphatic heterocycles. The van der Waals surface area contributed by atoms with E-state index in [0.29, 0.717) is 39.0 Å². The third kappa shape index (κ3) is 5.36. The van der Waals surface area contributed by atoms with E-state index in [4.69, 9.17) is 21.7 Å². The molecule has 3 aliphatic rings. The number of nitrogens with zero attached hydrogens (tertiary/aromatic N) is 2. The van der Waals surface area contributed by atoms with Gasteiger partial charge in [0.25, 0.3) is 11.8 Å². The SMILES string of the molecule is CCOC(=O)C1=C(c2ccccc2)S/C(=C2/C(=S)C(C)(C)N(C(=O)CN3C(=O)c4ccccc4C3=O)c3ccc(OCC)cc32)S1. The molecule has 0 N–H and O–H groups in total. The Labute approximate surface area is 280 Å². The fourth-order valence-electron chi connectivity index (χ4n) is 5.75. The first-order chi connectivity index (χ1) is 22.1. The number of thiocarbonyl (C=S) groups is 1. The van der Waals surface area contributed by atoms with Gasteiger partial charge in [-0.1, -0.05) is 78.2 Å². The van der Waals surface area contributed by atoms with Crippen LogP contribution in [0.3, 0.4) is 0 Å². The Hall–Kier alpha value is -4.19. The summed E-state index contributed by atoms with van der Waals surface area (Å²) in [5, 5.41) is 0. The number of carbonyl (C=O) groups excluding carboxylic acids is 4. The predicted molar refractivity (Wildman–Crippen MR) is 186 cm³/mol. The number of anilines is 1. The quantitative estimate of drug-likeness (QED) is 0.115. The molecule has 3 amide bonds. The highest BCUT2D eigenvalue weighted by Crippen LogP contribution is 2.59. The molecule has 3 heterocycles. The van der Waals surface area contributed by atoms with Crippen molar-refractivity contribution >= 4 is 80.5 Å². The summed E-state index contributed by atoms with van der Waals surface area (Å²) in [7, 11) is 0. The standard InChI is InChI=1S/C35H30N2O6S3/c1-5-42-21-16-17-25-24(18-21)27(34-45-28(20-12-8-7-9-13-20)29(46-34)33(41)43-6-2)30(44)35(3,4)37(25)26(38)19-36-31(39)22-14-10-11-15-23(22)32(36)40/h7-18H,5-6,19H2,1-4H3/b34-27-. The highest BCUT2D eigenvalue weighted by atomic mass is 32.2. The number of ether oxygens (including phenoxy) is 2. The van der Waals surface area contributed by atoms with Crippen LogP contribution < -0.4 is 9.64 Å². The van der Waals surface area contributed by atoms with Crippen molar-refractivity contribution in [1.29, 1.82) is 0 Å². The van der Waals surface area contributed by atoms with E-state index < -0.39 is 35.8 Å². The Morgan fingerprint density at radius 1 is 0.848 bits per heavy atom. The first-order valence-electron chi connectivity index (χ1n) is 14.8. The minimum Gasteiger partial charge on any atom is -0.494 e. The third-order valence-electron chi connectivity index (χ3n) is 7.85. The molecule has 0 spiro atoms. The predicted octanol–water partition coefficient (Wildman–Crippen LogP) is 6.96. The molecular formula is C35H30N2O6S3. The number of thioether (sulfide) groups is 2. The molecule has 0 atom stereocenters. The molecule has 0 unspecified atom stereocenters. The Balaban J connectivity index is 1.45. The number of carbonyl (C=O) groups is 4. The summed E-state index contributed by atoms with van der Waals surface area (Å²) in [6.07, 6.45) is 0. The second-order valence-electron chi connectivity index (χ2n) is 11.1. The molecule has 0 fully saturated rings. The number of hydrogen-bond donors (Lipinski definition) is 0. The molecule has 0 saturated carbocycles. The largest absolute Gasteiger partial charge is 0.494 e. The van der Waals surface area contributed by atoms with Gasteiger partial charge in [0.2, 0.25) is 5.91 Å². The fourth-order valence-corrected chi connectivity index (χ4v) is 8.88. The number of esters is 1. The van der Waals surface area contributed by atoms with E-state index in [2.05, 4.69) is 0 Å². The average molecular weight is 671 g/mol. The van der Waals surface area contributed by atoms with Crippen molar-refractivity contribution in [2.75, 3.05) is 24.7 Å². The number of rotatable bonds is 7. The van der Waals surface area contributed by atoms with Gasteiger partial charge in [0, 0.05) is 16.0 Å². The van der Waals surface area contributed by atoms with E-state index in [9.17, 15) is 19.2 Å². The molecular weight excluding hydrogens is 641 g/mol. The zero-order chi connectivity index (χ0) is 32.7. The van der Waals surface area contributed by atoms with E-state index >= 15 is 0 Å². The maximum absolute atomic E-state index is 14.2. The van der Waals surface area contributed by atoms with Crippen molar-refractivity contribution in [3.05, 3.63) is 104 Å². The molecule has 0 bridgehead atoms. The van der Waals surface area contributed by atoms with Gasteiger partial charge in [-0.25, -0.2) is 4.79 Å². The third-order valence-corrected chi connectivity index (χ3v) is 11.2. The van der Waals surface area contributed by atoms with Gasteiger partial charge in [0.05, 0.1) is 44.7 Å². The van der Waals surface area contributed by atoms with Crippen LogP contribution in [0.1, 0.15) is 59.5 Å². The van der Waals surface area contributed by atoms with Gasteiger partial charge in [-0.3, -0.25) is 24.2 Å². The molecule has 3 aromatic carbocycles. The van der Waals surface area contributed by atoms with Crippen molar-refractivity contribution in [1.82, 2.24) is 4.90 Å². The highest BCUT2D eigenvalue weighted by Gasteiger charge is 2.47. The van der Waals surface area contributed by atoms with Crippen molar-refractivity contribution in [3.63, 3.8) is 0 Å². The van der Waals surface area contributed by atoms with E-state index in [-0.39, 0.29) is 17.7 Å². The topological polar surface area (TPSA) is 93.2 Å². The second-order valence-corrected chi connectivity index (χ2v) is 13.8. The lowest BCUT2D eigenvalue weighted by Crippen LogP contribution is -2.58. The van der Waals surface area contributed by atoms with Crippen LogP contribution in [0.15, 0.2) is 81.9 Å². The number of hydrogen-bond acceptors (Lipinski definition) is 9. The number of benzene rings is 3. The number of fused-ring (bicyclic) bond motifs is 2. The van der Waals surface area contributed by atoms with Crippen LogP contribution in [-0.2, 0) is 14.3 Å².